The van der Waals surface area contributed by atoms with Gasteiger partial charge in [-0.3, -0.25) is 0 Å². The van der Waals surface area contributed by atoms with Crippen molar-refractivity contribution >= 4 is 11.8 Å². The number of anilines is 2. The van der Waals surface area contributed by atoms with Gasteiger partial charge in [-0.1, -0.05) is 0 Å². The molecule has 25 heavy (non-hydrogen) atoms. The molecule has 0 aromatic carbocycles. The van der Waals surface area contributed by atoms with Crippen LogP contribution in [0, 0.1) is 0 Å². The third kappa shape index (κ3) is 3.83. The van der Waals surface area contributed by atoms with Crippen molar-refractivity contribution in [2.45, 2.75) is 44.1 Å². The van der Waals surface area contributed by atoms with Gasteiger partial charge in [-0.2, -0.15) is 0 Å². The highest BCUT2D eigenvalue weighted by Gasteiger charge is 2.30. The van der Waals surface area contributed by atoms with Gasteiger partial charge in [-0.25, -0.2) is 28.7 Å². The normalized spacial score (nSPS) is 20.8. The molecule has 0 amide bonds. The summed E-state index contributed by atoms with van der Waals surface area (Å²) >= 11 is 0. The predicted molar refractivity (Wildman–Crippen MR) is 89.9 cm³/mol. The first-order valence-corrected chi connectivity index (χ1v) is 8.64. The fraction of sp³-hybridized carbons (Fsp3) is 0.529. The predicted octanol–water partition coefficient (Wildman–Crippen LogP) is 3.16. The van der Waals surface area contributed by atoms with Crippen LogP contribution < -0.4 is 10.2 Å². The summed E-state index contributed by atoms with van der Waals surface area (Å²) in [7, 11) is 0. The summed E-state index contributed by atoms with van der Waals surface area (Å²) in [5.74, 6) is 2.00. The number of hydrogen-bond acceptors (Lipinski definition) is 6. The van der Waals surface area contributed by atoms with E-state index in [-0.39, 0.29) is 17.7 Å². The van der Waals surface area contributed by atoms with Crippen LogP contribution in [0.2, 0.25) is 0 Å². The van der Waals surface area contributed by atoms with Crippen molar-refractivity contribution in [1.29, 1.82) is 0 Å². The summed E-state index contributed by atoms with van der Waals surface area (Å²) in [4.78, 5) is 19.1. The van der Waals surface area contributed by atoms with Crippen molar-refractivity contribution in [3.8, 4) is 0 Å². The molecule has 2 aliphatic rings. The largest absolute Gasteiger partial charge is 0.354 e. The van der Waals surface area contributed by atoms with E-state index in [4.69, 9.17) is 0 Å². The quantitative estimate of drug-likeness (QED) is 0.897. The van der Waals surface area contributed by atoms with E-state index in [2.05, 4.69) is 30.2 Å². The van der Waals surface area contributed by atoms with E-state index in [0.29, 0.717) is 24.1 Å². The average molecular weight is 346 g/mol. The highest BCUT2D eigenvalue weighted by atomic mass is 19.3. The Bertz CT molecular complexity index is 702. The van der Waals surface area contributed by atoms with E-state index in [1.54, 1.807) is 18.5 Å². The van der Waals surface area contributed by atoms with E-state index in [1.165, 1.54) is 6.07 Å². The maximum absolute atomic E-state index is 13.2. The summed E-state index contributed by atoms with van der Waals surface area (Å²) in [6, 6.07) is 3.35. The summed E-state index contributed by atoms with van der Waals surface area (Å²) in [6.45, 7) is 1.49. The molecule has 4 rings (SSSR count). The Kier molecular flexibility index (Phi) is 4.42. The molecule has 2 fully saturated rings. The molecule has 1 saturated carbocycles. The lowest BCUT2D eigenvalue weighted by Gasteiger charge is -2.34. The lowest BCUT2D eigenvalue weighted by atomic mass is 10.1. The topological polar surface area (TPSA) is 66.8 Å². The number of alkyl halides is 2. The van der Waals surface area contributed by atoms with Crippen molar-refractivity contribution in [1.82, 2.24) is 19.9 Å². The molecule has 132 valence electrons. The molecule has 8 heteroatoms. The number of halogens is 2. The summed E-state index contributed by atoms with van der Waals surface area (Å²) < 4.78 is 26.4. The molecular weight excluding hydrogens is 326 g/mol. The number of nitrogens with one attached hydrogen (secondary N) is 1. The summed E-state index contributed by atoms with van der Waals surface area (Å²) in [5, 5.41) is 3.31. The number of rotatable bonds is 5. The van der Waals surface area contributed by atoms with Gasteiger partial charge in [0.1, 0.15) is 17.3 Å². The minimum Gasteiger partial charge on any atom is -0.354 e. The number of hydrogen-bond donors (Lipinski definition) is 1. The monoisotopic (exact) mass is 346 g/mol. The standard InChI is InChI=1S/C17H20F2N6/c18-15(19)13-9-14(24-16(23-13)11-4-5-11)25-8-1-3-12(10-25)22-17-20-6-2-7-21-17/h2,6-7,9,11-12,15H,1,3-5,8,10H2,(H,20,21,22). The van der Waals surface area contributed by atoms with Crippen molar-refractivity contribution in [3.63, 3.8) is 0 Å². The first-order chi connectivity index (χ1) is 12.2. The number of piperidine rings is 1. The molecule has 0 radical (unpaired) electrons. The Morgan fingerprint density at radius 3 is 2.64 bits per heavy atom. The van der Waals surface area contributed by atoms with Gasteiger partial charge in [0.25, 0.3) is 6.43 Å². The van der Waals surface area contributed by atoms with Crippen LogP contribution in [-0.2, 0) is 0 Å². The number of aromatic nitrogens is 4. The van der Waals surface area contributed by atoms with E-state index >= 15 is 0 Å². The van der Waals surface area contributed by atoms with Crippen LogP contribution in [0.4, 0.5) is 20.5 Å². The molecule has 0 spiro atoms. The summed E-state index contributed by atoms with van der Waals surface area (Å²) in [5.41, 5.74) is -0.173. The van der Waals surface area contributed by atoms with Crippen LogP contribution in [0.25, 0.3) is 0 Å². The molecule has 1 saturated heterocycles. The van der Waals surface area contributed by atoms with Crippen molar-refractivity contribution in [2.24, 2.45) is 0 Å². The first-order valence-electron chi connectivity index (χ1n) is 8.64. The van der Waals surface area contributed by atoms with Gasteiger partial charge < -0.3 is 10.2 Å². The SMILES string of the molecule is FC(F)c1cc(N2CCCC(Nc3ncccn3)C2)nc(C2CC2)n1. The Labute approximate surface area is 144 Å². The molecule has 2 aromatic rings. The van der Waals surface area contributed by atoms with E-state index in [0.717, 1.165) is 32.2 Å². The van der Waals surface area contributed by atoms with Gasteiger partial charge in [0.05, 0.1) is 0 Å². The summed E-state index contributed by atoms with van der Waals surface area (Å²) in [6.07, 6.45) is 4.72. The average Bonchev–Trinajstić information content (AvgIpc) is 3.48. The highest BCUT2D eigenvalue weighted by molar-refractivity contribution is 5.43. The molecule has 2 aromatic heterocycles. The minimum atomic E-state index is -2.57. The van der Waals surface area contributed by atoms with Crippen LogP contribution >= 0.6 is 0 Å². The van der Waals surface area contributed by atoms with Gasteiger partial charge in [-0.05, 0) is 31.7 Å². The van der Waals surface area contributed by atoms with Crippen LogP contribution in [0.15, 0.2) is 24.5 Å². The third-order valence-electron chi connectivity index (χ3n) is 4.56. The highest BCUT2D eigenvalue weighted by Crippen LogP contribution is 2.39. The van der Waals surface area contributed by atoms with Gasteiger partial charge in [0, 0.05) is 43.5 Å². The van der Waals surface area contributed by atoms with Gasteiger partial charge in [0.15, 0.2) is 0 Å². The molecule has 1 atom stereocenters. The minimum absolute atomic E-state index is 0.158. The molecule has 1 N–H and O–H groups in total. The van der Waals surface area contributed by atoms with Crippen molar-refractivity contribution < 1.29 is 8.78 Å². The molecule has 1 aliphatic heterocycles. The Hall–Kier alpha value is -2.38. The van der Waals surface area contributed by atoms with Gasteiger partial charge in [-0.15, -0.1) is 0 Å². The fourth-order valence-corrected chi connectivity index (χ4v) is 3.13. The van der Waals surface area contributed by atoms with Crippen LogP contribution in [0.5, 0.6) is 0 Å². The Balaban J connectivity index is 1.52. The zero-order chi connectivity index (χ0) is 17.2. The van der Waals surface area contributed by atoms with E-state index in [1.807, 2.05) is 0 Å². The second-order valence-electron chi connectivity index (χ2n) is 6.59. The smallest absolute Gasteiger partial charge is 0.280 e. The maximum atomic E-state index is 13.2. The second-order valence-corrected chi connectivity index (χ2v) is 6.59. The fourth-order valence-electron chi connectivity index (χ4n) is 3.13. The van der Waals surface area contributed by atoms with Gasteiger partial charge in [0.2, 0.25) is 5.95 Å². The molecule has 0 bridgehead atoms. The Morgan fingerprint density at radius 1 is 1.12 bits per heavy atom. The Morgan fingerprint density at radius 2 is 1.92 bits per heavy atom. The lowest BCUT2D eigenvalue weighted by molar-refractivity contribution is 0.145. The molecule has 3 heterocycles. The number of nitrogens with zero attached hydrogens (tertiary/aromatic N) is 5. The van der Waals surface area contributed by atoms with Crippen LogP contribution in [0.1, 0.15) is 49.5 Å². The zero-order valence-electron chi connectivity index (χ0n) is 13.8. The first kappa shape index (κ1) is 16.1. The zero-order valence-corrected chi connectivity index (χ0v) is 13.8. The van der Waals surface area contributed by atoms with E-state index in [9.17, 15) is 8.78 Å². The molecule has 1 unspecified atom stereocenters. The van der Waals surface area contributed by atoms with Gasteiger partial charge >= 0.3 is 0 Å². The maximum Gasteiger partial charge on any atom is 0.280 e. The van der Waals surface area contributed by atoms with E-state index < -0.39 is 6.43 Å². The second kappa shape index (κ2) is 6.85. The van der Waals surface area contributed by atoms with Crippen molar-refractivity contribution in [2.75, 3.05) is 23.3 Å². The van der Waals surface area contributed by atoms with Crippen molar-refractivity contribution in [3.05, 3.63) is 36.0 Å². The third-order valence-corrected chi connectivity index (χ3v) is 4.56. The molecule has 1 aliphatic carbocycles. The molecule has 6 nitrogen and oxygen atoms in total. The van der Waals surface area contributed by atoms with Crippen LogP contribution in [0.3, 0.4) is 0 Å². The molecular formula is C17H20F2N6. The lowest BCUT2D eigenvalue weighted by Crippen LogP contribution is -2.43. The van der Waals surface area contributed by atoms with Crippen LogP contribution in [-0.4, -0.2) is 39.1 Å².